The molecule has 0 saturated heterocycles. The summed E-state index contributed by atoms with van der Waals surface area (Å²) in [6.45, 7) is 2.38. The molecule has 0 aliphatic heterocycles. The normalized spacial score (nSPS) is 10.2. The SMILES string of the molecule is CCCNC(=O)CCNc1c([N+](=O)[O-])ccc(F)c1F. The highest BCUT2D eigenvalue weighted by Gasteiger charge is 2.21. The number of hydrogen-bond acceptors (Lipinski definition) is 4. The molecular weight excluding hydrogens is 272 g/mol. The second kappa shape index (κ2) is 7.37. The van der Waals surface area contributed by atoms with Crippen molar-refractivity contribution >= 4 is 17.3 Å². The summed E-state index contributed by atoms with van der Waals surface area (Å²) < 4.78 is 26.6. The summed E-state index contributed by atoms with van der Waals surface area (Å²) in [5, 5.41) is 15.7. The van der Waals surface area contributed by atoms with Gasteiger partial charge < -0.3 is 10.6 Å². The molecule has 8 heteroatoms. The number of nitro groups is 1. The molecule has 1 aromatic carbocycles. The maximum atomic E-state index is 13.5. The highest BCUT2D eigenvalue weighted by molar-refractivity contribution is 5.76. The van der Waals surface area contributed by atoms with Crippen LogP contribution in [0.5, 0.6) is 0 Å². The second-order valence-corrected chi connectivity index (χ2v) is 4.04. The third-order valence-corrected chi connectivity index (χ3v) is 2.50. The Morgan fingerprint density at radius 1 is 1.35 bits per heavy atom. The Morgan fingerprint density at radius 3 is 2.65 bits per heavy atom. The fourth-order valence-electron chi connectivity index (χ4n) is 1.51. The number of nitrogens with one attached hydrogen (secondary N) is 2. The zero-order valence-corrected chi connectivity index (χ0v) is 10.9. The van der Waals surface area contributed by atoms with Crippen molar-refractivity contribution in [3.63, 3.8) is 0 Å². The maximum Gasteiger partial charge on any atom is 0.295 e. The van der Waals surface area contributed by atoms with Crippen LogP contribution in [0.15, 0.2) is 12.1 Å². The molecule has 0 spiro atoms. The molecular formula is C12H15F2N3O3. The summed E-state index contributed by atoms with van der Waals surface area (Å²) in [7, 11) is 0. The Balaban J connectivity index is 2.70. The van der Waals surface area contributed by atoms with Gasteiger partial charge in [-0.3, -0.25) is 14.9 Å². The minimum atomic E-state index is -1.33. The molecule has 1 amide bonds. The topological polar surface area (TPSA) is 84.3 Å². The van der Waals surface area contributed by atoms with E-state index in [2.05, 4.69) is 10.6 Å². The van der Waals surface area contributed by atoms with Crippen molar-refractivity contribution in [1.29, 1.82) is 0 Å². The zero-order chi connectivity index (χ0) is 15.1. The molecule has 0 aliphatic carbocycles. The molecule has 0 saturated carbocycles. The number of nitrogens with zero attached hydrogens (tertiary/aromatic N) is 1. The van der Waals surface area contributed by atoms with Crippen molar-refractivity contribution < 1.29 is 18.5 Å². The van der Waals surface area contributed by atoms with Gasteiger partial charge in [0.2, 0.25) is 5.91 Å². The number of benzene rings is 1. The van der Waals surface area contributed by atoms with Gasteiger partial charge >= 0.3 is 0 Å². The van der Waals surface area contributed by atoms with Crippen LogP contribution in [0.25, 0.3) is 0 Å². The van der Waals surface area contributed by atoms with Gasteiger partial charge in [0.1, 0.15) is 0 Å². The zero-order valence-electron chi connectivity index (χ0n) is 10.9. The third-order valence-electron chi connectivity index (χ3n) is 2.50. The number of rotatable bonds is 7. The van der Waals surface area contributed by atoms with Gasteiger partial charge in [0.05, 0.1) is 4.92 Å². The van der Waals surface area contributed by atoms with Crippen LogP contribution in [0, 0.1) is 21.7 Å². The summed E-state index contributed by atoms with van der Waals surface area (Å²) in [5.41, 5.74) is -1.11. The van der Waals surface area contributed by atoms with Gasteiger partial charge in [-0.25, -0.2) is 8.78 Å². The number of carbonyl (C=O) groups excluding carboxylic acids is 1. The predicted octanol–water partition coefficient (Wildman–Crippen LogP) is 2.20. The third kappa shape index (κ3) is 4.15. The number of hydrogen-bond donors (Lipinski definition) is 2. The molecule has 1 aromatic rings. The van der Waals surface area contributed by atoms with Crippen molar-refractivity contribution in [3.05, 3.63) is 33.9 Å². The Labute approximate surface area is 114 Å². The molecule has 0 unspecified atom stereocenters. The molecule has 0 aliphatic rings. The lowest BCUT2D eigenvalue weighted by molar-refractivity contribution is -0.384. The highest BCUT2D eigenvalue weighted by atomic mass is 19.2. The average molecular weight is 287 g/mol. The van der Waals surface area contributed by atoms with E-state index in [1.165, 1.54) is 0 Å². The molecule has 0 fully saturated rings. The predicted molar refractivity (Wildman–Crippen MR) is 69.4 cm³/mol. The van der Waals surface area contributed by atoms with Gasteiger partial charge in [0.15, 0.2) is 17.3 Å². The van der Waals surface area contributed by atoms with Gasteiger partial charge in [-0.05, 0) is 12.5 Å². The smallest absolute Gasteiger partial charge is 0.295 e. The Bertz CT molecular complexity index is 509. The molecule has 110 valence electrons. The van der Waals surface area contributed by atoms with Crippen LogP contribution in [0.1, 0.15) is 19.8 Å². The first-order valence-corrected chi connectivity index (χ1v) is 6.10. The first-order valence-electron chi connectivity index (χ1n) is 6.10. The van der Waals surface area contributed by atoms with Gasteiger partial charge in [-0.2, -0.15) is 0 Å². The van der Waals surface area contributed by atoms with E-state index in [1.54, 1.807) is 0 Å². The Kier molecular flexibility index (Phi) is 5.82. The maximum absolute atomic E-state index is 13.5. The number of halogens is 2. The first-order chi connectivity index (χ1) is 9.47. The van der Waals surface area contributed by atoms with E-state index >= 15 is 0 Å². The lowest BCUT2D eigenvalue weighted by Crippen LogP contribution is -2.26. The minimum Gasteiger partial charge on any atom is -0.376 e. The molecule has 0 bridgehead atoms. The number of amides is 1. The van der Waals surface area contributed by atoms with Crippen LogP contribution < -0.4 is 10.6 Å². The van der Waals surface area contributed by atoms with Crippen LogP contribution in [-0.4, -0.2) is 23.9 Å². The lowest BCUT2D eigenvalue weighted by atomic mass is 10.2. The molecule has 20 heavy (non-hydrogen) atoms. The van der Waals surface area contributed by atoms with Crippen LogP contribution >= 0.6 is 0 Å². The minimum absolute atomic E-state index is 0.00705. The lowest BCUT2D eigenvalue weighted by Gasteiger charge is -2.08. The van der Waals surface area contributed by atoms with Crippen molar-refractivity contribution in [2.75, 3.05) is 18.4 Å². The summed E-state index contributed by atoms with van der Waals surface area (Å²) in [5.74, 6) is -2.78. The van der Waals surface area contributed by atoms with Crippen molar-refractivity contribution in [3.8, 4) is 0 Å². The van der Waals surface area contributed by atoms with E-state index in [1.807, 2.05) is 6.92 Å². The summed E-state index contributed by atoms with van der Waals surface area (Å²) >= 11 is 0. The van der Waals surface area contributed by atoms with Crippen LogP contribution in [0.3, 0.4) is 0 Å². The largest absolute Gasteiger partial charge is 0.376 e. The van der Waals surface area contributed by atoms with Crippen molar-refractivity contribution in [1.82, 2.24) is 5.32 Å². The van der Waals surface area contributed by atoms with E-state index in [0.29, 0.717) is 12.6 Å². The van der Waals surface area contributed by atoms with E-state index in [4.69, 9.17) is 0 Å². The molecule has 0 heterocycles. The van der Waals surface area contributed by atoms with Crippen LogP contribution in [0.4, 0.5) is 20.2 Å². The van der Waals surface area contributed by atoms with Crippen molar-refractivity contribution in [2.45, 2.75) is 19.8 Å². The summed E-state index contributed by atoms with van der Waals surface area (Å²) in [6.07, 6.45) is 0.788. The quantitative estimate of drug-likeness (QED) is 0.595. The molecule has 2 N–H and O–H groups in total. The van der Waals surface area contributed by atoms with Crippen molar-refractivity contribution in [2.24, 2.45) is 0 Å². The van der Waals surface area contributed by atoms with E-state index in [9.17, 15) is 23.7 Å². The van der Waals surface area contributed by atoms with Gasteiger partial charge in [0.25, 0.3) is 5.69 Å². The monoisotopic (exact) mass is 287 g/mol. The highest BCUT2D eigenvalue weighted by Crippen LogP contribution is 2.28. The second-order valence-electron chi connectivity index (χ2n) is 4.04. The first kappa shape index (κ1) is 15.8. The standard InChI is InChI=1S/C12H15F2N3O3/c1-2-6-15-10(18)5-7-16-12-9(17(19)20)4-3-8(13)11(12)14/h3-4,16H,2,5-7H2,1H3,(H,15,18). The Hall–Kier alpha value is -2.25. The number of anilines is 1. The van der Waals surface area contributed by atoms with E-state index in [0.717, 1.165) is 12.5 Å². The fraction of sp³-hybridized carbons (Fsp3) is 0.417. The fourth-order valence-corrected chi connectivity index (χ4v) is 1.51. The van der Waals surface area contributed by atoms with Gasteiger partial charge in [-0.15, -0.1) is 0 Å². The molecule has 0 atom stereocenters. The van der Waals surface area contributed by atoms with Crippen LogP contribution in [-0.2, 0) is 4.79 Å². The Morgan fingerprint density at radius 2 is 2.05 bits per heavy atom. The molecule has 0 aromatic heterocycles. The summed E-state index contributed by atoms with van der Waals surface area (Å²) in [4.78, 5) is 21.2. The molecule has 6 nitrogen and oxygen atoms in total. The number of carbonyl (C=O) groups is 1. The molecule has 0 radical (unpaired) electrons. The summed E-state index contributed by atoms with van der Waals surface area (Å²) in [6, 6.07) is 1.56. The van der Waals surface area contributed by atoms with Gasteiger partial charge in [0, 0.05) is 25.6 Å². The molecule has 1 rings (SSSR count). The average Bonchev–Trinajstić information content (AvgIpc) is 2.40. The van der Waals surface area contributed by atoms with Crippen LogP contribution in [0.2, 0.25) is 0 Å². The van der Waals surface area contributed by atoms with E-state index < -0.39 is 27.9 Å². The van der Waals surface area contributed by atoms with E-state index in [-0.39, 0.29) is 18.9 Å². The number of nitro benzene ring substituents is 1. The van der Waals surface area contributed by atoms with Gasteiger partial charge in [-0.1, -0.05) is 6.92 Å².